The summed E-state index contributed by atoms with van der Waals surface area (Å²) in [5.41, 5.74) is 1.94. The molecule has 0 fully saturated rings. The van der Waals surface area contributed by atoms with Crippen LogP contribution in [0.15, 0.2) is 59.0 Å². The molecule has 0 radical (unpaired) electrons. The average molecular weight is 286 g/mol. The Hall–Kier alpha value is -1.77. The van der Waals surface area contributed by atoms with Crippen LogP contribution in [0.3, 0.4) is 0 Å². The highest BCUT2D eigenvalue weighted by atomic mass is 35.5. The number of fused-ring (bicyclic) bond motifs is 1. The molecule has 3 rings (SSSR count). The van der Waals surface area contributed by atoms with Crippen molar-refractivity contribution >= 4 is 22.6 Å². The molecule has 1 unspecified atom stereocenters. The first-order chi connectivity index (χ1) is 9.79. The minimum Gasteiger partial charge on any atom is -0.459 e. The van der Waals surface area contributed by atoms with Gasteiger partial charge in [-0.15, -0.1) is 0 Å². The molecule has 0 amide bonds. The molecule has 0 spiro atoms. The van der Waals surface area contributed by atoms with Gasteiger partial charge in [-0.1, -0.05) is 54.9 Å². The lowest BCUT2D eigenvalue weighted by atomic mass is 10.0. The lowest BCUT2D eigenvalue weighted by Crippen LogP contribution is -2.21. The van der Waals surface area contributed by atoms with Crippen LogP contribution in [-0.2, 0) is 0 Å². The highest BCUT2D eigenvalue weighted by molar-refractivity contribution is 6.31. The maximum absolute atomic E-state index is 6.32. The normalized spacial score (nSPS) is 12.7. The Kier molecular flexibility index (Phi) is 3.77. The minimum absolute atomic E-state index is 0.0268. The quantitative estimate of drug-likeness (QED) is 0.746. The van der Waals surface area contributed by atoms with Crippen LogP contribution in [0.5, 0.6) is 0 Å². The van der Waals surface area contributed by atoms with Crippen molar-refractivity contribution in [3.8, 4) is 0 Å². The van der Waals surface area contributed by atoms with Crippen LogP contribution >= 0.6 is 11.6 Å². The Bertz CT molecular complexity index is 687. The molecule has 0 bridgehead atoms. The molecule has 0 saturated heterocycles. The van der Waals surface area contributed by atoms with E-state index in [4.69, 9.17) is 16.0 Å². The van der Waals surface area contributed by atoms with Crippen LogP contribution in [0.2, 0.25) is 5.02 Å². The first kappa shape index (κ1) is 13.2. The number of halogens is 1. The van der Waals surface area contributed by atoms with Crippen molar-refractivity contribution in [3.05, 3.63) is 70.9 Å². The SMILES string of the molecule is CCNC(c1cc2ccccc2o1)c1ccccc1Cl. The van der Waals surface area contributed by atoms with Crippen LogP contribution in [0, 0.1) is 0 Å². The van der Waals surface area contributed by atoms with Crippen molar-refractivity contribution in [1.29, 1.82) is 0 Å². The van der Waals surface area contributed by atoms with Gasteiger partial charge in [0.2, 0.25) is 0 Å². The number of para-hydroxylation sites is 1. The van der Waals surface area contributed by atoms with E-state index in [0.29, 0.717) is 0 Å². The number of furan rings is 1. The molecule has 2 aromatic carbocycles. The third-order valence-corrected chi connectivity index (χ3v) is 3.70. The van der Waals surface area contributed by atoms with Gasteiger partial charge in [0.15, 0.2) is 0 Å². The fourth-order valence-electron chi connectivity index (χ4n) is 2.42. The highest BCUT2D eigenvalue weighted by Crippen LogP contribution is 2.31. The van der Waals surface area contributed by atoms with E-state index in [2.05, 4.69) is 24.4 Å². The van der Waals surface area contributed by atoms with Crippen molar-refractivity contribution in [3.63, 3.8) is 0 Å². The largest absolute Gasteiger partial charge is 0.459 e. The van der Waals surface area contributed by atoms with Crippen molar-refractivity contribution in [2.24, 2.45) is 0 Å². The number of rotatable bonds is 4. The predicted octanol–water partition coefficient (Wildman–Crippen LogP) is 4.79. The van der Waals surface area contributed by atoms with Gasteiger partial charge in [-0.25, -0.2) is 0 Å². The number of benzene rings is 2. The van der Waals surface area contributed by atoms with E-state index >= 15 is 0 Å². The van der Waals surface area contributed by atoms with Gasteiger partial charge < -0.3 is 9.73 Å². The van der Waals surface area contributed by atoms with Gasteiger partial charge in [0.1, 0.15) is 11.3 Å². The molecule has 0 aliphatic carbocycles. The zero-order valence-corrected chi connectivity index (χ0v) is 12.0. The van der Waals surface area contributed by atoms with Gasteiger partial charge in [0.05, 0.1) is 6.04 Å². The van der Waals surface area contributed by atoms with Crippen LogP contribution in [0.1, 0.15) is 24.3 Å². The molecule has 3 heteroatoms. The zero-order chi connectivity index (χ0) is 13.9. The third-order valence-electron chi connectivity index (χ3n) is 3.35. The van der Waals surface area contributed by atoms with Crippen molar-refractivity contribution < 1.29 is 4.42 Å². The van der Waals surface area contributed by atoms with Crippen molar-refractivity contribution in [2.45, 2.75) is 13.0 Å². The Balaban J connectivity index is 2.08. The van der Waals surface area contributed by atoms with Crippen LogP contribution in [0.25, 0.3) is 11.0 Å². The number of nitrogens with one attached hydrogen (secondary N) is 1. The van der Waals surface area contributed by atoms with Crippen LogP contribution in [0.4, 0.5) is 0 Å². The number of hydrogen-bond donors (Lipinski definition) is 1. The maximum atomic E-state index is 6.32. The molecule has 3 aromatic rings. The van der Waals surface area contributed by atoms with Crippen LogP contribution < -0.4 is 5.32 Å². The van der Waals surface area contributed by atoms with E-state index in [1.807, 2.05) is 42.5 Å². The Morgan fingerprint density at radius 3 is 2.60 bits per heavy atom. The van der Waals surface area contributed by atoms with E-state index in [9.17, 15) is 0 Å². The molecular formula is C17H16ClNO. The molecule has 102 valence electrons. The molecule has 2 nitrogen and oxygen atoms in total. The average Bonchev–Trinajstić information content (AvgIpc) is 2.89. The number of hydrogen-bond acceptors (Lipinski definition) is 2. The molecule has 1 aromatic heterocycles. The predicted molar refractivity (Wildman–Crippen MR) is 83.2 cm³/mol. The summed E-state index contributed by atoms with van der Waals surface area (Å²) in [6, 6.07) is 17.9. The van der Waals surface area contributed by atoms with E-state index in [1.165, 1.54) is 0 Å². The fraction of sp³-hybridized carbons (Fsp3) is 0.176. The summed E-state index contributed by atoms with van der Waals surface area (Å²) in [5.74, 6) is 0.890. The highest BCUT2D eigenvalue weighted by Gasteiger charge is 2.19. The second-order valence-corrected chi connectivity index (χ2v) is 5.11. The molecule has 0 aliphatic rings. The van der Waals surface area contributed by atoms with Gasteiger partial charge in [0.25, 0.3) is 0 Å². The molecule has 1 N–H and O–H groups in total. The summed E-state index contributed by atoms with van der Waals surface area (Å²) < 4.78 is 5.97. The maximum Gasteiger partial charge on any atom is 0.134 e. The molecule has 1 heterocycles. The monoisotopic (exact) mass is 285 g/mol. The first-order valence-electron chi connectivity index (χ1n) is 6.76. The standard InChI is InChI=1S/C17H16ClNO/c1-2-19-17(13-8-4-5-9-14(13)18)16-11-12-7-3-6-10-15(12)20-16/h3-11,17,19H,2H2,1H3. The third kappa shape index (κ3) is 2.45. The molecule has 1 atom stereocenters. The second-order valence-electron chi connectivity index (χ2n) is 4.70. The summed E-state index contributed by atoms with van der Waals surface area (Å²) in [6.07, 6.45) is 0. The van der Waals surface area contributed by atoms with Gasteiger partial charge in [-0.05, 0) is 30.3 Å². The molecule has 0 aliphatic heterocycles. The van der Waals surface area contributed by atoms with Gasteiger partial charge in [-0.3, -0.25) is 0 Å². The topological polar surface area (TPSA) is 25.2 Å². The lowest BCUT2D eigenvalue weighted by molar-refractivity contribution is 0.477. The van der Waals surface area contributed by atoms with E-state index in [1.54, 1.807) is 0 Å². The summed E-state index contributed by atoms with van der Waals surface area (Å²) in [4.78, 5) is 0. The minimum atomic E-state index is -0.0268. The fourth-order valence-corrected chi connectivity index (χ4v) is 2.67. The summed E-state index contributed by atoms with van der Waals surface area (Å²) in [7, 11) is 0. The zero-order valence-electron chi connectivity index (χ0n) is 11.3. The smallest absolute Gasteiger partial charge is 0.134 e. The van der Waals surface area contributed by atoms with E-state index in [-0.39, 0.29) is 6.04 Å². The van der Waals surface area contributed by atoms with Crippen LogP contribution in [-0.4, -0.2) is 6.54 Å². The summed E-state index contributed by atoms with van der Waals surface area (Å²) in [5, 5.41) is 5.30. The summed E-state index contributed by atoms with van der Waals surface area (Å²) in [6.45, 7) is 2.92. The van der Waals surface area contributed by atoms with Gasteiger partial charge in [-0.2, -0.15) is 0 Å². The second kappa shape index (κ2) is 5.70. The van der Waals surface area contributed by atoms with E-state index in [0.717, 1.165) is 33.9 Å². The Labute approximate surface area is 123 Å². The Morgan fingerprint density at radius 2 is 1.85 bits per heavy atom. The molecule has 20 heavy (non-hydrogen) atoms. The lowest BCUT2D eigenvalue weighted by Gasteiger charge is -2.17. The van der Waals surface area contributed by atoms with Gasteiger partial charge >= 0.3 is 0 Å². The van der Waals surface area contributed by atoms with Gasteiger partial charge in [0, 0.05) is 10.4 Å². The summed E-state index contributed by atoms with van der Waals surface area (Å²) >= 11 is 6.32. The molecule has 0 saturated carbocycles. The first-order valence-corrected chi connectivity index (χ1v) is 7.13. The Morgan fingerprint density at radius 1 is 1.10 bits per heavy atom. The van der Waals surface area contributed by atoms with E-state index < -0.39 is 0 Å². The molecular weight excluding hydrogens is 270 g/mol. The van der Waals surface area contributed by atoms with Crippen molar-refractivity contribution in [1.82, 2.24) is 5.32 Å². The van der Waals surface area contributed by atoms with Crippen molar-refractivity contribution in [2.75, 3.05) is 6.54 Å².